The SMILES string of the molecule is CNC(Cc1ccc(F)cc1Br)c1coc(C)c1. The van der Waals surface area contributed by atoms with Crippen LogP contribution in [0.25, 0.3) is 0 Å². The minimum atomic E-state index is -0.231. The van der Waals surface area contributed by atoms with Gasteiger partial charge in [0.2, 0.25) is 0 Å². The maximum atomic E-state index is 13.0. The number of hydrogen-bond donors (Lipinski definition) is 1. The smallest absolute Gasteiger partial charge is 0.124 e. The Balaban J connectivity index is 2.20. The highest BCUT2D eigenvalue weighted by atomic mass is 79.9. The van der Waals surface area contributed by atoms with Crippen LogP contribution in [0.2, 0.25) is 0 Å². The maximum Gasteiger partial charge on any atom is 0.124 e. The van der Waals surface area contributed by atoms with E-state index in [0.717, 1.165) is 27.8 Å². The van der Waals surface area contributed by atoms with E-state index < -0.39 is 0 Å². The van der Waals surface area contributed by atoms with Gasteiger partial charge in [-0.15, -0.1) is 0 Å². The lowest BCUT2D eigenvalue weighted by atomic mass is 10.0. The van der Waals surface area contributed by atoms with Crippen molar-refractivity contribution < 1.29 is 8.81 Å². The first-order valence-corrected chi connectivity index (χ1v) is 6.55. The first-order valence-electron chi connectivity index (χ1n) is 5.76. The Morgan fingerprint density at radius 3 is 2.72 bits per heavy atom. The summed E-state index contributed by atoms with van der Waals surface area (Å²) in [5.41, 5.74) is 2.17. The van der Waals surface area contributed by atoms with Crippen LogP contribution >= 0.6 is 15.9 Å². The van der Waals surface area contributed by atoms with Gasteiger partial charge in [-0.1, -0.05) is 22.0 Å². The molecule has 0 saturated heterocycles. The third-order valence-electron chi connectivity index (χ3n) is 2.94. The molecule has 0 aliphatic heterocycles. The molecule has 1 N–H and O–H groups in total. The molecule has 2 aromatic rings. The largest absolute Gasteiger partial charge is 0.469 e. The second kappa shape index (κ2) is 5.67. The quantitative estimate of drug-likeness (QED) is 0.923. The first-order chi connectivity index (χ1) is 8.60. The number of likely N-dealkylation sites (N-methyl/N-ethyl adjacent to an activating group) is 1. The molecule has 1 atom stereocenters. The van der Waals surface area contributed by atoms with Gasteiger partial charge in [0.1, 0.15) is 11.6 Å². The summed E-state index contributed by atoms with van der Waals surface area (Å²) < 4.78 is 19.1. The molecule has 1 aromatic heterocycles. The summed E-state index contributed by atoms with van der Waals surface area (Å²) in [5.74, 6) is 0.661. The van der Waals surface area contributed by atoms with E-state index in [0.29, 0.717) is 0 Å². The van der Waals surface area contributed by atoms with Crippen molar-refractivity contribution in [2.24, 2.45) is 0 Å². The van der Waals surface area contributed by atoms with E-state index in [1.807, 2.05) is 20.0 Å². The Labute approximate surface area is 114 Å². The monoisotopic (exact) mass is 311 g/mol. The zero-order valence-electron chi connectivity index (χ0n) is 10.3. The van der Waals surface area contributed by atoms with E-state index in [9.17, 15) is 4.39 Å². The van der Waals surface area contributed by atoms with Gasteiger partial charge in [-0.3, -0.25) is 0 Å². The summed E-state index contributed by atoms with van der Waals surface area (Å²) in [6.45, 7) is 1.92. The fourth-order valence-electron chi connectivity index (χ4n) is 1.94. The molecule has 1 unspecified atom stereocenters. The van der Waals surface area contributed by atoms with Gasteiger partial charge in [0.25, 0.3) is 0 Å². The summed E-state index contributed by atoms with van der Waals surface area (Å²) in [4.78, 5) is 0. The molecule has 96 valence electrons. The van der Waals surface area contributed by atoms with Gasteiger partial charge >= 0.3 is 0 Å². The fourth-order valence-corrected chi connectivity index (χ4v) is 2.45. The minimum absolute atomic E-state index is 0.157. The Morgan fingerprint density at radius 1 is 1.39 bits per heavy atom. The lowest BCUT2D eigenvalue weighted by molar-refractivity contribution is 0.520. The Morgan fingerprint density at radius 2 is 2.17 bits per heavy atom. The summed E-state index contributed by atoms with van der Waals surface area (Å²) in [6, 6.07) is 6.94. The van der Waals surface area contributed by atoms with Crippen LogP contribution in [0.3, 0.4) is 0 Å². The third-order valence-corrected chi connectivity index (χ3v) is 3.68. The Kier molecular flexibility index (Phi) is 4.19. The summed E-state index contributed by atoms with van der Waals surface area (Å²) in [6.07, 6.45) is 2.53. The number of furan rings is 1. The highest BCUT2D eigenvalue weighted by Crippen LogP contribution is 2.25. The normalized spacial score (nSPS) is 12.7. The van der Waals surface area contributed by atoms with Gasteiger partial charge in [0.05, 0.1) is 6.26 Å². The molecule has 4 heteroatoms. The van der Waals surface area contributed by atoms with Crippen LogP contribution in [-0.2, 0) is 6.42 Å². The molecule has 0 radical (unpaired) electrons. The highest BCUT2D eigenvalue weighted by molar-refractivity contribution is 9.10. The number of benzene rings is 1. The van der Waals surface area contributed by atoms with Crippen molar-refractivity contribution in [2.45, 2.75) is 19.4 Å². The molecule has 0 saturated carbocycles. The average Bonchev–Trinajstić information content (AvgIpc) is 2.75. The van der Waals surface area contributed by atoms with Crippen LogP contribution in [0.15, 0.2) is 39.4 Å². The van der Waals surface area contributed by atoms with Crippen LogP contribution < -0.4 is 5.32 Å². The molecule has 0 bridgehead atoms. The number of rotatable bonds is 4. The number of nitrogens with one attached hydrogen (secondary N) is 1. The average molecular weight is 312 g/mol. The van der Waals surface area contributed by atoms with Gasteiger partial charge in [-0.25, -0.2) is 4.39 Å². The number of aryl methyl sites for hydroxylation is 1. The van der Waals surface area contributed by atoms with Gasteiger partial charge in [-0.2, -0.15) is 0 Å². The van der Waals surface area contributed by atoms with E-state index in [2.05, 4.69) is 21.2 Å². The van der Waals surface area contributed by atoms with Crippen LogP contribution in [-0.4, -0.2) is 7.05 Å². The van der Waals surface area contributed by atoms with Gasteiger partial charge in [-0.05, 0) is 44.2 Å². The minimum Gasteiger partial charge on any atom is -0.469 e. The van der Waals surface area contributed by atoms with E-state index in [4.69, 9.17) is 4.42 Å². The van der Waals surface area contributed by atoms with Gasteiger partial charge < -0.3 is 9.73 Å². The molecular formula is C14H15BrFNO. The van der Waals surface area contributed by atoms with Crippen molar-refractivity contribution in [1.29, 1.82) is 0 Å². The molecule has 1 aromatic carbocycles. The Bertz CT molecular complexity index is 538. The lowest BCUT2D eigenvalue weighted by Gasteiger charge is -2.15. The summed E-state index contributed by atoms with van der Waals surface area (Å²) in [7, 11) is 1.91. The van der Waals surface area contributed by atoms with Crippen molar-refractivity contribution >= 4 is 15.9 Å². The third kappa shape index (κ3) is 3.00. The summed E-state index contributed by atoms with van der Waals surface area (Å²) in [5, 5.41) is 3.25. The number of halogens is 2. The van der Waals surface area contributed by atoms with E-state index in [1.165, 1.54) is 12.1 Å². The predicted octanol–water partition coefficient (Wildman–Crippen LogP) is 3.99. The van der Waals surface area contributed by atoms with Gasteiger partial charge in [0.15, 0.2) is 0 Å². The second-order valence-electron chi connectivity index (χ2n) is 4.27. The van der Waals surface area contributed by atoms with Crippen LogP contribution in [0.5, 0.6) is 0 Å². The standard InChI is InChI=1S/C14H15BrFNO/c1-9-5-11(8-18-9)14(17-2)6-10-3-4-12(16)7-13(10)15/h3-5,7-8,14,17H,6H2,1-2H3. The maximum absolute atomic E-state index is 13.0. The van der Waals surface area contributed by atoms with Gasteiger partial charge in [0, 0.05) is 16.1 Å². The lowest BCUT2D eigenvalue weighted by Crippen LogP contribution is -2.18. The molecule has 0 spiro atoms. The van der Waals surface area contributed by atoms with Crippen molar-refractivity contribution in [3.63, 3.8) is 0 Å². The highest BCUT2D eigenvalue weighted by Gasteiger charge is 2.14. The van der Waals surface area contributed by atoms with E-state index in [-0.39, 0.29) is 11.9 Å². The molecule has 2 nitrogen and oxygen atoms in total. The predicted molar refractivity (Wildman–Crippen MR) is 73.0 cm³/mol. The number of hydrogen-bond acceptors (Lipinski definition) is 2. The van der Waals surface area contributed by atoms with Crippen molar-refractivity contribution in [3.05, 3.63) is 57.7 Å². The molecular weight excluding hydrogens is 297 g/mol. The first kappa shape index (κ1) is 13.3. The van der Waals surface area contributed by atoms with Crippen LogP contribution in [0.1, 0.15) is 22.9 Å². The molecule has 0 fully saturated rings. The van der Waals surface area contributed by atoms with Crippen LogP contribution in [0, 0.1) is 12.7 Å². The topological polar surface area (TPSA) is 25.2 Å². The van der Waals surface area contributed by atoms with E-state index >= 15 is 0 Å². The Hall–Kier alpha value is -1.13. The second-order valence-corrected chi connectivity index (χ2v) is 5.13. The molecule has 18 heavy (non-hydrogen) atoms. The molecule has 0 aliphatic rings. The van der Waals surface area contributed by atoms with Crippen molar-refractivity contribution in [1.82, 2.24) is 5.32 Å². The zero-order valence-corrected chi connectivity index (χ0v) is 11.9. The van der Waals surface area contributed by atoms with Crippen LogP contribution in [0.4, 0.5) is 4.39 Å². The fraction of sp³-hybridized carbons (Fsp3) is 0.286. The van der Waals surface area contributed by atoms with Crippen molar-refractivity contribution in [3.8, 4) is 0 Å². The van der Waals surface area contributed by atoms with E-state index in [1.54, 1.807) is 12.3 Å². The van der Waals surface area contributed by atoms with Crippen molar-refractivity contribution in [2.75, 3.05) is 7.05 Å². The molecule has 1 heterocycles. The molecule has 0 amide bonds. The zero-order chi connectivity index (χ0) is 13.1. The molecule has 2 rings (SSSR count). The molecule has 0 aliphatic carbocycles. The summed E-state index contributed by atoms with van der Waals surface area (Å²) >= 11 is 3.39.